The van der Waals surface area contributed by atoms with E-state index in [4.69, 9.17) is 10.5 Å². The van der Waals surface area contributed by atoms with Crippen LogP contribution in [0.5, 0.6) is 0 Å². The Hall–Kier alpha value is -1.71. The zero-order chi connectivity index (χ0) is 15.6. The number of nitrogens with zero attached hydrogens (tertiary/aromatic N) is 1. The van der Waals surface area contributed by atoms with Crippen molar-refractivity contribution < 1.29 is 18.1 Å². The molecular weight excluding hydrogens is 298 g/mol. The number of anilines is 1. The van der Waals surface area contributed by atoms with Crippen LogP contribution in [0.15, 0.2) is 23.1 Å². The SMILES string of the molecule is CCOC1CC(NS(=O)(=O)c2ccc([N+](=O)[O-])cc2N)C1. The van der Waals surface area contributed by atoms with Crippen LogP contribution in [0, 0.1) is 10.1 Å². The van der Waals surface area contributed by atoms with Crippen LogP contribution in [0.2, 0.25) is 0 Å². The molecule has 0 aromatic heterocycles. The van der Waals surface area contributed by atoms with E-state index in [-0.39, 0.29) is 28.4 Å². The maximum atomic E-state index is 12.2. The molecule has 0 unspecified atom stereocenters. The van der Waals surface area contributed by atoms with Gasteiger partial charge in [-0.15, -0.1) is 0 Å². The maximum Gasteiger partial charge on any atom is 0.271 e. The number of non-ortho nitro benzene ring substituents is 1. The number of nitro benzene ring substituents is 1. The molecule has 21 heavy (non-hydrogen) atoms. The Morgan fingerprint density at radius 1 is 1.48 bits per heavy atom. The summed E-state index contributed by atoms with van der Waals surface area (Å²) in [5.74, 6) is 0. The molecule has 1 aliphatic rings. The van der Waals surface area contributed by atoms with E-state index in [1.165, 1.54) is 0 Å². The summed E-state index contributed by atoms with van der Waals surface area (Å²) in [4.78, 5) is 9.84. The lowest BCUT2D eigenvalue weighted by Gasteiger charge is -2.35. The summed E-state index contributed by atoms with van der Waals surface area (Å²) in [5.41, 5.74) is 5.22. The summed E-state index contributed by atoms with van der Waals surface area (Å²) < 4.78 is 32.3. The van der Waals surface area contributed by atoms with Crippen LogP contribution in [-0.4, -0.2) is 32.1 Å². The third kappa shape index (κ3) is 3.49. The van der Waals surface area contributed by atoms with Gasteiger partial charge in [0.2, 0.25) is 10.0 Å². The van der Waals surface area contributed by atoms with Gasteiger partial charge in [0.05, 0.1) is 16.7 Å². The first kappa shape index (κ1) is 15.7. The van der Waals surface area contributed by atoms with E-state index in [9.17, 15) is 18.5 Å². The zero-order valence-electron chi connectivity index (χ0n) is 11.5. The minimum absolute atomic E-state index is 0.0805. The minimum atomic E-state index is -3.79. The maximum absolute atomic E-state index is 12.2. The molecule has 0 aliphatic heterocycles. The highest BCUT2D eigenvalue weighted by molar-refractivity contribution is 7.89. The molecule has 1 aromatic rings. The molecule has 8 nitrogen and oxygen atoms in total. The lowest BCUT2D eigenvalue weighted by molar-refractivity contribution is -0.384. The van der Waals surface area contributed by atoms with Crippen molar-refractivity contribution in [1.82, 2.24) is 4.72 Å². The van der Waals surface area contributed by atoms with Gasteiger partial charge in [-0.2, -0.15) is 0 Å². The molecule has 1 aliphatic carbocycles. The summed E-state index contributed by atoms with van der Waals surface area (Å²) >= 11 is 0. The van der Waals surface area contributed by atoms with Crippen molar-refractivity contribution in [2.75, 3.05) is 12.3 Å². The molecule has 0 saturated heterocycles. The first-order chi connectivity index (χ1) is 9.83. The third-order valence-corrected chi connectivity index (χ3v) is 4.91. The van der Waals surface area contributed by atoms with Gasteiger partial charge in [0.1, 0.15) is 4.90 Å². The van der Waals surface area contributed by atoms with E-state index in [0.29, 0.717) is 19.4 Å². The largest absolute Gasteiger partial charge is 0.397 e. The quantitative estimate of drug-likeness (QED) is 0.459. The predicted molar refractivity (Wildman–Crippen MR) is 76.3 cm³/mol. The number of nitrogens with one attached hydrogen (secondary N) is 1. The first-order valence-corrected chi connectivity index (χ1v) is 7.99. The molecular formula is C12H17N3O5S. The average molecular weight is 315 g/mol. The lowest BCUT2D eigenvalue weighted by atomic mass is 9.90. The monoisotopic (exact) mass is 315 g/mol. The number of hydrogen-bond acceptors (Lipinski definition) is 6. The fourth-order valence-corrected chi connectivity index (χ4v) is 3.59. The van der Waals surface area contributed by atoms with Crippen LogP contribution < -0.4 is 10.5 Å². The van der Waals surface area contributed by atoms with E-state index in [1.54, 1.807) is 0 Å². The van der Waals surface area contributed by atoms with Crippen molar-refractivity contribution in [1.29, 1.82) is 0 Å². The van der Waals surface area contributed by atoms with Gasteiger partial charge >= 0.3 is 0 Å². The Balaban J connectivity index is 2.08. The number of sulfonamides is 1. The predicted octanol–water partition coefficient (Wildman–Crippen LogP) is 1.02. The second-order valence-electron chi connectivity index (χ2n) is 4.85. The van der Waals surface area contributed by atoms with E-state index in [2.05, 4.69) is 4.72 Å². The molecule has 0 amide bonds. The highest BCUT2D eigenvalue weighted by atomic mass is 32.2. The molecule has 3 N–H and O–H groups in total. The molecule has 0 radical (unpaired) electrons. The van der Waals surface area contributed by atoms with Crippen molar-refractivity contribution in [2.24, 2.45) is 0 Å². The van der Waals surface area contributed by atoms with Crippen molar-refractivity contribution in [2.45, 2.75) is 36.8 Å². The van der Waals surface area contributed by atoms with Crippen LogP contribution in [0.1, 0.15) is 19.8 Å². The van der Waals surface area contributed by atoms with Crippen LogP contribution >= 0.6 is 0 Å². The van der Waals surface area contributed by atoms with Crippen molar-refractivity contribution in [3.8, 4) is 0 Å². The topological polar surface area (TPSA) is 125 Å². The normalized spacial score (nSPS) is 21.8. The number of benzene rings is 1. The van der Waals surface area contributed by atoms with Crippen molar-refractivity contribution >= 4 is 21.4 Å². The summed E-state index contributed by atoms with van der Waals surface area (Å²) in [5, 5.41) is 10.6. The van der Waals surface area contributed by atoms with Gasteiger partial charge in [0, 0.05) is 24.8 Å². The number of ether oxygens (including phenoxy) is 1. The van der Waals surface area contributed by atoms with Crippen molar-refractivity contribution in [3.63, 3.8) is 0 Å². The molecule has 9 heteroatoms. The van der Waals surface area contributed by atoms with E-state index >= 15 is 0 Å². The van der Waals surface area contributed by atoms with E-state index in [0.717, 1.165) is 18.2 Å². The Morgan fingerprint density at radius 3 is 2.67 bits per heavy atom. The van der Waals surface area contributed by atoms with E-state index in [1.807, 2.05) is 6.92 Å². The third-order valence-electron chi connectivity index (χ3n) is 3.31. The van der Waals surface area contributed by atoms with Crippen LogP contribution in [-0.2, 0) is 14.8 Å². The Labute approximate surface area is 122 Å². The van der Waals surface area contributed by atoms with Gasteiger partial charge in [-0.1, -0.05) is 0 Å². The number of rotatable bonds is 6. The summed E-state index contributed by atoms with van der Waals surface area (Å²) in [6.07, 6.45) is 1.30. The molecule has 1 aromatic carbocycles. The van der Waals surface area contributed by atoms with Gasteiger partial charge < -0.3 is 10.5 Å². The molecule has 1 fully saturated rings. The fourth-order valence-electron chi connectivity index (χ4n) is 2.21. The molecule has 0 atom stereocenters. The highest BCUT2D eigenvalue weighted by Gasteiger charge is 2.33. The number of nitro groups is 1. The number of hydrogen-bond donors (Lipinski definition) is 2. The van der Waals surface area contributed by atoms with Gasteiger partial charge in [0.25, 0.3) is 5.69 Å². The summed E-state index contributed by atoms with van der Waals surface area (Å²) in [7, 11) is -3.79. The van der Waals surface area contributed by atoms with Crippen LogP contribution in [0.3, 0.4) is 0 Å². The second-order valence-corrected chi connectivity index (χ2v) is 6.53. The van der Waals surface area contributed by atoms with Crippen LogP contribution in [0.25, 0.3) is 0 Å². The van der Waals surface area contributed by atoms with Gasteiger partial charge in [-0.25, -0.2) is 13.1 Å². The highest BCUT2D eigenvalue weighted by Crippen LogP contribution is 2.28. The average Bonchev–Trinajstić information content (AvgIpc) is 2.35. The number of nitrogen functional groups attached to an aromatic ring is 1. The molecule has 2 rings (SSSR count). The smallest absolute Gasteiger partial charge is 0.271 e. The molecule has 1 saturated carbocycles. The summed E-state index contributed by atoms with van der Waals surface area (Å²) in [6.45, 7) is 2.48. The minimum Gasteiger partial charge on any atom is -0.397 e. The first-order valence-electron chi connectivity index (χ1n) is 6.51. The fraction of sp³-hybridized carbons (Fsp3) is 0.500. The second kappa shape index (κ2) is 5.96. The van der Waals surface area contributed by atoms with Gasteiger partial charge in [-0.3, -0.25) is 10.1 Å². The van der Waals surface area contributed by atoms with Gasteiger partial charge in [0.15, 0.2) is 0 Å². The number of nitrogens with two attached hydrogens (primary N) is 1. The zero-order valence-corrected chi connectivity index (χ0v) is 12.3. The Morgan fingerprint density at radius 2 is 2.14 bits per heavy atom. The lowest BCUT2D eigenvalue weighted by Crippen LogP contribution is -2.47. The van der Waals surface area contributed by atoms with Gasteiger partial charge in [-0.05, 0) is 25.8 Å². The molecule has 0 bridgehead atoms. The van der Waals surface area contributed by atoms with Crippen LogP contribution in [0.4, 0.5) is 11.4 Å². The Bertz CT molecular complexity index is 640. The summed E-state index contributed by atoms with van der Waals surface area (Å²) in [6, 6.07) is 3.11. The molecule has 0 spiro atoms. The molecule has 116 valence electrons. The molecule has 0 heterocycles. The van der Waals surface area contributed by atoms with Crippen molar-refractivity contribution in [3.05, 3.63) is 28.3 Å². The standard InChI is InChI=1S/C12H17N3O5S/c1-2-20-10-5-8(6-10)14-21(18,19)12-4-3-9(15(16)17)7-11(12)13/h3-4,7-8,10,14H,2,5-6,13H2,1H3. The van der Waals surface area contributed by atoms with E-state index < -0.39 is 14.9 Å². The Kier molecular flexibility index (Phi) is 4.45.